The van der Waals surface area contributed by atoms with Gasteiger partial charge in [0.15, 0.2) is 0 Å². The van der Waals surface area contributed by atoms with Crippen molar-refractivity contribution in [2.75, 3.05) is 27.2 Å². The van der Waals surface area contributed by atoms with E-state index >= 15 is 0 Å². The molecule has 102 valence electrons. The van der Waals surface area contributed by atoms with Crippen molar-refractivity contribution in [1.29, 1.82) is 0 Å². The molecule has 0 saturated heterocycles. The standard InChI is InChI=1S/C13H20BrNO2S/c1-13(2,12(16)17-4)9-15(3)6-5-11-7-10(14)8-18-11/h7-8H,5-6,9H2,1-4H3. The number of ether oxygens (including phenoxy) is 1. The predicted octanol–water partition coefficient (Wildman–Crippen LogP) is 3.18. The molecule has 1 aromatic rings. The third kappa shape index (κ3) is 4.71. The van der Waals surface area contributed by atoms with Crippen molar-refractivity contribution in [3.63, 3.8) is 0 Å². The highest BCUT2D eigenvalue weighted by atomic mass is 79.9. The van der Waals surface area contributed by atoms with Crippen LogP contribution in [0.3, 0.4) is 0 Å². The Bertz CT molecular complexity index is 403. The van der Waals surface area contributed by atoms with Crippen LogP contribution in [0.1, 0.15) is 18.7 Å². The maximum Gasteiger partial charge on any atom is 0.312 e. The summed E-state index contributed by atoms with van der Waals surface area (Å²) in [5, 5.41) is 2.09. The molecular formula is C13H20BrNO2S. The molecular weight excluding hydrogens is 314 g/mol. The Labute approximate surface area is 121 Å². The molecule has 1 rings (SSSR count). The Balaban J connectivity index is 2.42. The van der Waals surface area contributed by atoms with E-state index in [1.54, 1.807) is 11.3 Å². The lowest BCUT2D eigenvalue weighted by Crippen LogP contribution is -2.38. The van der Waals surface area contributed by atoms with Crippen molar-refractivity contribution in [2.45, 2.75) is 20.3 Å². The Morgan fingerprint density at radius 3 is 2.72 bits per heavy atom. The predicted molar refractivity (Wildman–Crippen MR) is 79.0 cm³/mol. The van der Waals surface area contributed by atoms with Crippen molar-refractivity contribution >= 4 is 33.2 Å². The highest BCUT2D eigenvalue weighted by Crippen LogP contribution is 2.21. The van der Waals surface area contributed by atoms with Gasteiger partial charge in [0.1, 0.15) is 0 Å². The van der Waals surface area contributed by atoms with Gasteiger partial charge in [-0.05, 0) is 49.3 Å². The summed E-state index contributed by atoms with van der Waals surface area (Å²) in [6, 6.07) is 2.14. The maximum absolute atomic E-state index is 11.6. The van der Waals surface area contributed by atoms with E-state index in [1.165, 1.54) is 12.0 Å². The summed E-state index contributed by atoms with van der Waals surface area (Å²) in [4.78, 5) is 15.1. The van der Waals surface area contributed by atoms with E-state index < -0.39 is 5.41 Å². The van der Waals surface area contributed by atoms with Crippen molar-refractivity contribution in [3.8, 4) is 0 Å². The number of nitrogens with zero attached hydrogens (tertiary/aromatic N) is 1. The topological polar surface area (TPSA) is 29.5 Å². The van der Waals surface area contributed by atoms with E-state index in [-0.39, 0.29) is 5.97 Å². The molecule has 5 heteroatoms. The maximum atomic E-state index is 11.6. The van der Waals surface area contributed by atoms with Crippen molar-refractivity contribution in [3.05, 3.63) is 20.8 Å². The van der Waals surface area contributed by atoms with E-state index in [0.717, 1.165) is 17.4 Å². The van der Waals surface area contributed by atoms with Crippen LogP contribution in [0.4, 0.5) is 0 Å². The van der Waals surface area contributed by atoms with E-state index in [2.05, 4.69) is 32.3 Å². The molecule has 0 fully saturated rings. The largest absolute Gasteiger partial charge is 0.469 e. The zero-order valence-electron chi connectivity index (χ0n) is 11.3. The first-order valence-electron chi connectivity index (χ1n) is 5.85. The second-order valence-corrected chi connectivity index (χ2v) is 7.01. The van der Waals surface area contributed by atoms with Gasteiger partial charge in [0.2, 0.25) is 0 Å². The molecule has 0 aromatic carbocycles. The van der Waals surface area contributed by atoms with E-state index in [0.29, 0.717) is 6.54 Å². The summed E-state index contributed by atoms with van der Waals surface area (Å²) in [5.41, 5.74) is -0.459. The van der Waals surface area contributed by atoms with Gasteiger partial charge < -0.3 is 9.64 Å². The lowest BCUT2D eigenvalue weighted by molar-refractivity contribution is -0.151. The SMILES string of the molecule is COC(=O)C(C)(C)CN(C)CCc1cc(Br)cs1. The highest BCUT2D eigenvalue weighted by molar-refractivity contribution is 9.10. The van der Waals surface area contributed by atoms with Crippen LogP contribution in [0.15, 0.2) is 15.9 Å². The molecule has 0 aliphatic heterocycles. The zero-order chi connectivity index (χ0) is 13.8. The number of thiophene rings is 1. The Morgan fingerprint density at radius 1 is 1.56 bits per heavy atom. The number of methoxy groups -OCH3 is 1. The van der Waals surface area contributed by atoms with Crippen LogP contribution < -0.4 is 0 Å². The molecule has 1 heterocycles. The minimum absolute atomic E-state index is 0.159. The molecule has 1 aromatic heterocycles. The summed E-state index contributed by atoms with van der Waals surface area (Å²) < 4.78 is 5.95. The minimum Gasteiger partial charge on any atom is -0.469 e. The molecule has 0 unspecified atom stereocenters. The molecule has 0 atom stereocenters. The molecule has 0 radical (unpaired) electrons. The smallest absolute Gasteiger partial charge is 0.312 e. The Morgan fingerprint density at radius 2 is 2.22 bits per heavy atom. The van der Waals surface area contributed by atoms with Gasteiger partial charge in [0.05, 0.1) is 12.5 Å². The van der Waals surface area contributed by atoms with Crippen LogP contribution in [0.25, 0.3) is 0 Å². The van der Waals surface area contributed by atoms with E-state index in [4.69, 9.17) is 4.74 Å². The number of carbonyl (C=O) groups is 1. The number of rotatable bonds is 6. The molecule has 3 nitrogen and oxygen atoms in total. The number of halogens is 1. The highest BCUT2D eigenvalue weighted by Gasteiger charge is 2.29. The lowest BCUT2D eigenvalue weighted by Gasteiger charge is -2.27. The molecule has 0 amide bonds. The fourth-order valence-corrected chi connectivity index (χ4v) is 3.33. The first-order chi connectivity index (χ1) is 8.35. The van der Waals surface area contributed by atoms with Gasteiger partial charge >= 0.3 is 5.97 Å². The van der Waals surface area contributed by atoms with Gasteiger partial charge in [0, 0.05) is 27.8 Å². The van der Waals surface area contributed by atoms with Crippen molar-refractivity contribution in [2.24, 2.45) is 5.41 Å². The Hall–Kier alpha value is -0.390. The van der Waals surface area contributed by atoms with E-state index in [9.17, 15) is 4.79 Å². The zero-order valence-corrected chi connectivity index (χ0v) is 13.7. The molecule has 0 aliphatic rings. The third-order valence-electron chi connectivity index (χ3n) is 2.76. The fourth-order valence-electron chi connectivity index (χ4n) is 1.88. The number of hydrogen-bond acceptors (Lipinski definition) is 4. The summed E-state index contributed by atoms with van der Waals surface area (Å²) in [6.07, 6.45) is 1.00. The minimum atomic E-state index is -0.459. The molecule has 0 spiro atoms. The number of esters is 1. The van der Waals surface area contributed by atoms with Crippen LogP contribution in [0.5, 0.6) is 0 Å². The van der Waals surface area contributed by atoms with Gasteiger partial charge in [-0.15, -0.1) is 11.3 Å². The van der Waals surface area contributed by atoms with Crippen molar-refractivity contribution < 1.29 is 9.53 Å². The first kappa shape index (κ1) is 15.7. The summed E-state index contributed by atoms with van der Waals surface area (Å²) >= 11 is 5.21. The van der Waals surface area contributed by atoms with Crippen LogP contribution in [-0.4, -0.2) is 38.1 Å². The Kier molecular flexibility index (Phi) is 5.82. The van der Waals surface area contributed by atoms with Crippen LogP contribution >= 0.6 is 27.3 Å². The van der Waals surface area contributed by atoms with Gasteiger partial charge in [-0.1, -0.05) is 0 Å². The number of likely N-dealkylation sites (N-methyl/N-ethyl adjacent to an activating group) is 1. The molecule has 0 aliphatic carbocycles. The summed E-state index contributed by atoms with van der Waals surface area (Å²) in [5.74, 6) is -0.159. The number of hydrogen-bond donors (Lipinski definition) is 0. The molecule has 0 N–H and O–H groups in total. The lowest BCUT2D eigenvalue weighted by atomic mass is 9.93. The van der Waals surface area contributed by atoms with E-state index in [1.807, 2.05) is 20.9 Å². The fraction of sp³-hybridized carbons (Fsp3) is 0.615. The van der Waals surface area contributed by atoms with Crippen molar-refractivity contribution in [1.82, 2.24) is 4.90 Å². The van der Waals surface area contributed by atoms with Crippen LogP contribution in [0.2, 0.25) is 0 Å². The molecule has 0 bridgehead atoms. The quantitative estimate of drug-likeness (QED) is 0.749. The second kappa shape index (κ2) is 6.68. The molecule has 0 saturated carbocycles. The van der Waals surface area contributed by atoms with Gasteiger partial charge in [0.25, 0.3) is 0 Å². The van der Waals surface area contributed by atoms with Crippen LogP contribution in [-0.2, 0) is 16.0 Å². The number of carbonyl (C=O) groups excluding carboxylic acids is 1. The monoisotopic (exact) mass is 333 g/mol. The first-order valence-corrected chi connectivity index (χ1v) is 7.52. The van der Waals surface area contributed by atoms with Gasteiger partial charge in [-0.25, -0.2) is 0 Å². The summed E-state index contributed by atoms with van der Waals surface area (Å²) in [6.45, 7) is 5.47. The van der Waals surface area contributed by atoms with Gasteiger partial charge in [-0.2, -0.15) is 0 Å². The molecule has 18 heavy (non-hydrogen) atoms. The normalized spacial score (nSPS) is 11.9. The second-order valence-electron chi connectivity index (χ2n) is 5.09. The summed E-state index contributed by atoms with van der Waals surface area (Å²) in [7, 11) is 3.47. The van der Waals surface area contributed by atoms with Gasteiger partial charge in [-0.3, -0.25) is 4.79 Å². The average molecular weight is 334 g/mol. The average Bonchev–Trinajstić information content (AvgIpc) is 2.70. The van der Waals surface area contributed by atoms with Crippen LogP contribution in [0, 0.1) is 5.41 Å². The third-order valence-corrected chi connectivity index (χ3v) is 4.52.